The van der Waals surface area contributed by atoms with E-state index in [4.69, 9.17) is 0 Å². The van der Waals surface area contributed by atoms with Gasteiger partial charge in [-0.2, -0.15) is 10.2 Å². The van der Waals surface area contributed by atoms with Gasteiger partial charge in [0, 0.05) is 35.2 Å². The lowest BCUT2D eigenvalue weighted by atomic mass is 9.87. The molecule has 0 unspecified atom stereocenters. The van der Waals surface area contributed by atoms with Crippen LogP contribution in [0.25, 0.3) is 0 Å². The standard InChI is InChI=1S/C25H27F2N5O3S/c1-24-12-18-17(11-20(24)25(24,26)27)21(31-30-18)23(33)29-16-13-28-32(14-16)22(15-7-3-2-4-8-15)19-9-5-6-10-36(19,34)35/h2-4,7-8,13-14,19-20,22H,5-6,9-12H2,1H3,(H,29,33)(H,30,31)/t19-,20+,22-,24-/m1/s1. The Labute approximate surface area is 207 Å². The maximum absolute atomic E-state index is 14.2. The van der Waals surface area contributed by atoms with E-state index in [2.05, 4.69) is 20.6 Å². The van der Waals surface area contributed by atoms with E-state index < -0.39 is 44.3 Å². The van der Waals surface area contributed by atoms with Crippen molar-refractivity contribution in [3.05, 3.63) is 65.2 Å². The number of fused-ring (bicyclic) bond motifs is 2. The Kier molecular flexibility index (Phi) is 5.16. The molecule has 190 valence electrons. The smallest absolute Gasteiger partial charge is 0.276 e. The Morgan fingerprint density at radius 2 is 2.03 bits per heavy atom. The van der Waals surface area contributed by atoms with Gasteiger partial charge in [0.15, 0.2) is 15.5 Å². The highest BCUT2D eigenvalue weighted by Gasteiger charge is 2.78. The molecule has 6 rings (SSSR count). The van der Waals surface area contributed by atoms with Gasteiger partial charge in [-0.3, -0.25) is 14.6 Å². The van der Waals surface area contributed by atoms with Crippen LogP contribution in [-0.2, 0) is 22.7 Å². The van der Waals surface area contributed by atoms with Crippen molar-refractivity contribution < 1.29 is 22.0 Å². The molecule has 0 spiro atoms. The van der Waals surface area contributed by atoms with Crippen molar-refractivity contribution in [3.8, 4) is 0 Å². The van der Waals surface area contributed by atoms with E-state index in [1.807, 2.05) is 30.3 Å². The fraction of sp³-hybridized carbons (Fsp3) is 0.480. The summed E-state index contributed by atoms with van der Waals surface area (Å²) in [6.45, 7) is 1.57. The van der Waals surface area contributed by atoms with Crippen LogP contribution in [0.15, 0.2) is 42.7 Å². The van der Waals surface area contributed by atoms with Crippen molar-refractivity contribution in [3.63, 3.8) is 0 Å². The Balaban J connectivity index is 1.26. The van der Waals surface area contributed by atoms with Gasteiger partial charge in [-0.15, -0.1) is 0 Å². The molecule has 2 fully saturated rings. The largest absolute Gasteiger partial charge is 0.318 e. The predicted molar refractivity (Wildman–Crippen MR) is 129 cm³/mol. The molecule has 3 heterocycles. The monoisotopic (exact) mass is 515 g/mol. The third-order valence-corrected chi connectivity index (χ3v) is 10.5. The Hall–Kier alpha value is -3.08. The van der Waals surface area contributed by atoms with Gasteiger partial charge in [0.25, 0.3) is 11.8 Å². The van der Waals surface area contributed by atoms with Crippen molar-refractivity contribution in [1.82, 2.24) is 20.0 Å². The molecule has 2 N–H and O–H groups in total. The summed E-state index contributed by atoms with van der Waals surface area (Å²) >= 11 is 0. The second-order valence-corrected chi connectivity index (χ2v) is 12.8. The lowest BCUT2D eigenvalue weighted by Gasteiger charge is -2.30. The zero-order valence-corrected chi connectivity index (χ0v) is 20.6. The van der Waals surface area contributed by atoms with Crippen LogP contribution in [-0.4, -0.2) is 51.2 Å². The zero-order valence-electron chi connectivity index (χ0n) is 19.7. The van der Waals surface area contributed by atoms with Gasteiger partial charge in [-0.05, 0) is 24.8 Å². The Morgan fingerprint density at radius 1 is 1.25 bits per heavy atom. The van der Waals surface area contributed by atoms with Crippen LogP contribution in [0.2, 0.25) is 0 Å². The van der Waals surface area contributed by atoms with E-state index in [0.717, 1.165) is 12.0 Å². The number of hydrogen-bond donors (Lipinski definition) is 2. The molecule has 0 radical (unpaired) electrons. The first-order valence-corrected chi connectivity index (χ1v) is 13.9. The van der Waals surface area contributed by atoms with Gasteiger partial charge in [0.05, 0.1) is 28.9 Å². The number of H-pyrrole nitrogens is 1. The summed E-state index contributed by atoms with van der Waals surface area (Å²) in [4.78, 5) is 13.0. The zero-order chi connectivity index (χ0) is 25.3. The molecule has 1 saturated heterocycles. The maximum atomic E-state index is 14.2. The third kappa shape index (κ3) is 3.50. The van der Waals surface area contributed by atoms with Crippen molar-refractivity contribution in [2.45, 2.75) is 56.2 Å². The first-order valence-electron chi connectivity index (χ1n) is 12.2. The number of aromatic nitrogens is 4. The summed E-state index contributed by atoms with van der Waals surface area (Å²) in [7, 11) is -3.32. The van der Waals surface area contributed by atoms with Crippen molar-refractivity contribution in [2.24, 2.45) is 11.3 Å². The van der Waals surface area contributed by atoms with E-state index in [1.54, 1.807) is 17.8 Å². The number of amides is 1. The van der Waals surface area contributed by atoms with Crippen LogP contribution in [0.1, 0.15) is 59.5 Å². The summed E-state index contributed by atoms with van der Waals surface area (Å²) in [6, 6.07) is 8.82. The van der Waals surface area contributed by atoms with E-state index >= 15 is 0 Å². The quantitative estimate of drug-likeness (QED) is 0.537. The molecule has 4 atom stereocenters. The molecule has 2 aliphatic carbocycles. The molecule has 1 amide bonds. The van der Waals surface area contributed by atoms with Gasteiger partial charge in [0.1, 0.15) is 0 Å². The normalized spacial score (nSPS) is 28.5. The van der Waals surface area contributed by atoms with E-state index in [0.29, 0.717) is 29.8 Å². The molecule has 8 nitrogen and oxygen atoms in total. The second-order valence-electron chi connectivity index (χ2n) is 10.4. The van der Waals surface area contributed by atoms with Crippen molar-refractivity contribution in [2.75, 3.05) is 11.1 Å². The topological polar surface area (TPSA) is 110 Å². The van der Waals surface area contributed by atoms with Crippen LogP contribution in [0, 0.1) is 11.3 Å². The molecular weight excluding hydrogens is 488 g/mol. The number of benzene rings is 1. The Bertz CT molecular complexity index is 1430. The maximum Gasteiger partial charge on any atom is 0.276 e. The fourth-order valence-electron chi connectivity index (χ4n) is 6.06. The summed E-state index contributed by atoms with van der Waals surface area (Å²) in [6.07, 6.45) is 5.36. The third-order valence-electron chi connectivity index (χ3n) is 8.27. The number of anilines is 1. The number of carbonyl (C=O) groups is 1. The van der Waals surface area contributed by atoms with Crippen molar-refractivity contribution >= 4 is 21.4 Å². The van der Waals surface area contributed by atoms with E-state index in [9.17, 15) is 22.0 Å². The Morgan fingerprint density at radius 3 is 2.78 bits per heavy atom. The average molecular weight is 516 g/mol. The summed E-state index contributed by atoms with van der Waals surface area (Å²) in [5.74, 6) is -3.89. The number of rotatable bonds is 5. The molecule has 3 aliphatic rings. The van der Waals surface area contributed by atoms with Gasteiger partial charge in [-0.1, -0.05) is 43.7 Å². The SMILES string of the molecule is C[C@@]12Cc3[nH]nc(C(=O)Nc4cnn([C@H](c5ccccc5)[C@H]5CCCCS5(=O)=O)c4)c3C[C@@H]1C2(F)F. The number of hydrogen-bond acceptors (Lipinski definition) is 5. The molecule has 1 aliphatic heterocycles. The minimum atomic E-state index is -3.32. The molecule has 3 aromatic rings. The summed E-state index contributed by atoms with van der Waals surface area (Å²) < 4.78 is 56.0. The minimum absolute atomic E-state index is 0.104. The fourth-order valence-corrected chi connectivity index (χ4v) is 8.17. The summed E-state index contributed by atoms with van der Waals surface area (Å²) in [5, 5.41) is 13.5. The molecule has 1 saturated carbocycles. The highest BCUT2D eigenvalue weighted by molar-refractivity contribution is 7.92. The van der Waals surface area contributed by atoms with Gasteiger partial charge < -0.3 is 5.32 Å². The summed E-state index contributed by atoms with van der Waals surface area (Å²) in [5.41, 5.74) is 1.35. The molecule has 2 aromatic heterocycles. The second kappa shape index (κ2) is 7.96. The number of halogens is 2. The number of nitrogens with zero attached hydrogens (tertiary/aromatic N) is 3. The van der Waals surface area contributed by atoms with Crippen LogP contribution in [0.3, 0.4) is 0 Å². The van der Waals surface area contributed by atoms with Crippen LogP contribution in [0.5, 0.6) is 0 Å². The predicted octanol–water partition coefficient (Wildman–Crippen LogP) is 3.79. The van der Waals surface area contributed by atoms with Crippen LogP contribution < -0.4 is 5.32 Å². The van der Waals surface area contributed by atoms with Crippen molar-refractivity contribution in [1.29, 1.82) is 0 Å². The first-order chi connectivity index (χ1) is 17.1. The lowest BCUT2D eigenvalue weighted by Crippen LogP contribution is -2.37. The van der Waals surface area contributed by atoms with Gasteiger partial charge >= 0.3 is 0 Å². The number of carbonyl (C=O) groups excluding carboxylic acids is 1. The molecular formula is C25H27F2N5O3S. The van der Waals surface area contributed by atoms with Gasteiger partial charge in [0.2, 0.25) is 0 Å². The van der Waals surface area contributed by atoms with E-state index in [1.165, 1.54) is 6.20 Å². The lowest BCUT2D eigenvalue weighted by molar-refractivity contribution is 0.0630. The number of aromatic amines is 1. The number of sulfone groups is 1. The first kappa shape index (κ1) is 23.3. The van der Waals surface area contributed by atoms with E-state index in [-0.39, 0.29) is 24.3 Å². The average Bonchev–Trinajstić information content (AvgIpc) is 3.26. The molecule has 0 bridgehead atoms. The highest BCUT2D eigenvalue weighted by atomic mass is 32.2. The molecule has 36 heavy (non-hydrogen) atoms. The van der Waals surface area contributed by atoms with Gasteiger partial charge in [-0.25, -0.2) is 17.2 Å². The molecule has 11 heteroatoms. The molecule has 1 aromatic carbocycles. The van der Waals surface area contributed by atoms with Crippen LogP contribution >= 0.6 is 0 Å². The van der Waals surface area contributed by atoms with Crippen LogP contribution in [0.4, 0.5) is 14.5 Å². The highest BCUT2D eigenvalue weighted by Crippen LogP contribution is 2.70. The minimum Gasteiger partial charge on any atom is -0.318 e. The number of nitrogens with one attached hydrogen (secondary N) is 2. The number of alkyl halides is 2.